The predicted molar refractivity (Wildman–Crippen MR) is 75.1 cm³/mol. The molecule has 21 heavy (non-hydrogen) atoms. The number of nitrogens with one attached hydrogen (secondary N) is 1. The topological polar surface area (TPSA) is 35.5 Å². The standard InChI is InChI=1S/C15H19F3N2O/c1-2-3-13(20-8-6-19-7-9-20)12-10-11(15(16,17)18)4-5-14(12)21/h2,4-5,10,13,19,21H,1,3,6-9H2/t13-/m0/s1. The Hall–Kier alpha value is -1.53. The SMILES string of the molecule is C=CC[C@@H](c1cc(C(F)(F)F)ccc1O)N1CCNCC1. The van der Waals surface area contributed by atoms with Crippen LogP contribution in [-0.4, -0.2) is 36.2 Å². The van der Waals surface area contributed by atoms with Crippen LogP contribution in [0.25, 0.3) is 0 Å². The first-order chi connectivity index (χ1) is 9.93. The molecule has 0 radical (unpaired) electrons. The molecule has 1 fully saturated rings. The number of aromatic hydroxyl groups is 1. The lowest BCUT2D eigenvalue weighted by Gasteiger charge is -2.35. The fraction of sp³-hybridized carbons (Fsp3) is 0.467. The number of piperazine rings is 1. The van der Waals surface area contributed by atoms with Gasteiger partial charge in [-0.3, -0.25) is 4.90 Å². The van der Waals surface area contributed by atoms with Crippen LogP contribution in [0.1, 0.15) is 23.6 Å². The van der Waals surface area contributed by atoms with E-state index in [2.05, 4.69) is 16.8 Å². The van der Waals surface area contributed by atoms with Crippen molar-refractivity contribution in [1.29, 1.82) is 0 Å². The molecule has 1 aliphatic heterocycles. The maximum absolute atomic E-state index is 12.9. The van der Waals surface area contributed by atoms with Gasteiger partial charge < -0.3 is 10.4 Å². The average Bonchev–Trinajstić information content (AvgIpc) is 2.45. The van der Waals surface area contributed by atoms with E-state index in [-0.39, 0.29) is 11.8 Å². The fourth-order valence-electron chi connectivity index (χ4n) is 2.62. The Balaban J connectivity index is 2.36. The molecule has 1 aliphatic rings. The molecule has 0 saturated carbocycles. The van der Waals surface area contributed by atoms with Crippen molar-refractivity contribution in [2.24, 2.45) is 0 Å². The highest BCUT2D eigenvalue weighted by molar-refractivity contribution is 5.40. The molecule has 1 atom stereocenters. The van der Waals surface area contributed by atoms with E-state index in [1.54, 1.807) is 6.08 Å². The highest BCUT2D eigenvalue weighted by Gasteiger charge is 2.32. The van der Waals surface area contributed by atoms with Gasteiger partial charge in [0.1, 0.15) is 5.75 Å². The summed E-state index contributed by atoms with van der Waals surface area (Å²) < 4.78 is 38.6. The van der Waals surface area contributed by atoms with E-state index in [1.807, 2.05) is 0 Å². The van der Waals surface area contributed by atoms with Gasteiger partial charge in [-0.15, -0.1) is 6.58 Å². The maximum atomic E-state index is 12.9. The van der Waals surface area contributed by atoms with Crippen molar-refractivity contribution in [3.63, 3.8) is 0 Å². The second-order valence-electron chi connectivity index (χ2n) is 5.10. The Morgan fingerprint density at radius 2 is 2.00 bits per heavy atom. The van der Waals surface area contributed by atoms with E-state index >= 15 is 0 Å². The molecule has 116 valence electrons. The minimum Gasteiger partial charge on any atom is -0.508 e. The molecule has 0 amide bonds. The summed E-state index contributed by atoms with van der Waals surface area (Å²) in [7, 11) is 0. The van der Waals surface area contributed by atoms with Crippen molar-refractivity contribution in [3.05, 3.63) is 42.0 Å². The average molecular weight is 300 g/mol. The van der Waals surface area contributed by atoms with Crippen molar-refractivity contribution < 1.29 is 18.3 Å². The van der Waals surface area contributed by atoms with Crippen molar-refractivity contribution >= 4 is 0 Å². The van der Waals surface area contributed by atoms with Crippen LogP contribution >= 0.6 is 0 Å². The maximum Gasteiger partial charge on any atom is 0.416 e. The molecule has 0 bridgehead atoms. The van der Waals surface area contributed by atoms with Gasteiger partial charge in [0.15, 0.2) is 0 Å². The monoisotopic (exact) mass is 300 g/mol. The highest BCUT2D eigenvalue weighted by Crippen LogP contribution is 2.37. The number of halogens is 3. The molecule has 0 unspecified atom stereocenters. The van der Waals surface area contributed by atoms with Crippen LogP contribution in [0.15, 0.2) is 30.9 Å². The molecule has 1 aromatic carbocycles. The zero-order chi connectivity index (χ0) is 15.5. The second-order valence-corrected chi connectivity index (χ2v) is 5.10. The summed E-state index contributed by atoms with van der Waals surface area (Å²) in [6, 6.07) is 2.79. The molecule has 0 spiro atoms. The lowest BCUT2D eigenvalue weighted by molar-refractivity contribution is -0.137. The molecule has 1 saturated heterocycles. The summed E-state index contributed by atoms with van der Waals surface area (Å²) in [6.07, 6.45) is -2.24. The van der Waals surface area contributed by atoms with E-state index in [0.717, 1.165) is 44.4 Å². The van der Waals surface area contributed by atoms with Crippen molar-refractivity contribution in [2.45, 2.75) is 18.6 Å². The molecule has 0 aliphatic carbocycles. The molecule has 2 rings (SSSR count). The summed E-state index contributed by atoms with van der Waals surface area (Å²) in [5.41, 5.74) is -0.425. The second kappa shape index (κ2) is 6.49. The Bertz CT molecular complexity index is 496. The third kappa shape index (κ3) is 3.77. The van der Waals surface area contributed by atoms with Gasteiger partial charge in [0.05, 0.1) is 5.56 Å². The summed E-state index contributed by atoms with van der Waals surface area (Å²) in [6.45, 7) is 6.71. The van der Waals surface area contributed by atoms with E-state index < -0.39 is 11.7 Å². The molecule has 1 aromatic rings. The Morgan fingerprint density at radius 1 is 1.33 bits per heavy atom. The normalized spacial score (nSPS) is 18.4. The van der Waals surface area contributed by atoms with Crippen LogP contribution in [0.2, 0.25) is 0 Å². The summed E-state index contributed by atoms with van der Waals surface area (Å²) >= 11 is 0. The Labute approximate surface area is 122 Å². The first-order valence-electron chi connectivity index (χ1n) is 6.89. The summed E-state index contributed by atoms with van der Waals surface area (Å²) in [4.78, 5) is 2.08. The fourth-order valence-corrected chi connectivity index (χ4v) is 2.62. The first-order valence-corrected chi connectivity index (χ1v) is 6.89. The Morgan fingerprint density at radius 3 is 2.57 bits per heavy atom. The minimum absolute atomic E-state index is 0.103. The van der Waals surface area contributed by atoms with Gasteiger partial charge in [0, 0.05) is 37.8 Å². The van der Waals surface area contributed by atoms with Crippen molar-refractivity contribution in [3.8, 4) is 5.75 Å². The number of phenols is 1. The number of nitrogens with zero attached hydrogens (tertiary/aromatic N) is 1. The van der Waals surface area contributed by atoms with Gasteiger partial charge in [-0.05, 0) is 24.6 Å². The largest absolute Gasteiger partial charge is 0.508 e. The lowest BCUT2D eigenvalue weighted by Crippen LogP contribution is -2.45. The third-order valence-corrected chi connectivity index (χ3v) is 3.70. The van der Waals surface area contributed by atoms with Crippen LogP contribution in [0, 0.1) is 0 Å². The first kappa shape index (κ1) is 15.9. The predicted octanol–water partition coefficient (Wildman–Crippen LogP) is 2.93. The zero-order valence-electron chi connectivity index (χ0n) is 11.7. The van der Waals surface area contributed by atoms with E-state index in [4.69, 9.17) is 0 Å². The van der Waals surface area contributed by atoms with Crippen LogP contribution in [0.5, 0.6) is 5.75 Å². The number of rotatable bonds is 4. The third-order valence-electron chi connectivity index (χ3n) is 3.70. The summed E-state index contributed by atoms with van der Waals surface area (Å²) in [5, 5.41) is 13.2. The quantitative estimate of drug-likeness (QED) is 0.839. The van der Waals surface area contributed by atoms with Gasteiger partial charge in [-0.25, -0.2) is 0 Å². The number of hydrogen-bond acceptors (Lipinski definition) is 3. The van der Waals surface area contributed by atoms with Crippen LogP contribution in [-0.2, 0) is 6.18 Å². The molecule has 2 N–H and O–H groups in total. The smallest absolute Gasteiger partial charge is 0.416 e. The van der Waals surface area contributed by atoms with Crippen LogP contribution in [0.4, 0.5) is 13.2 Å². The molecule has 3 nitrogen and oxygen atoms in total. The van der Waals surface area contributed by atoms with E-state index in [0.29, 0.717) is 12.0 Å². The van der Waals surface area contributed by atoms with Gasteiger partial charge in [0.2, 0.25) is 0 Å². The van der Waals surface area contributed by atoms with Crippen molar-refractivity contribution in [2.75, 3.05) is 26.2 Å². The van der Waals surface area contributed by atoms with E-state index in [9.17, 15) is 18.3 Å². The highest BCUT2D eigenvalue weighted by atomic mass is 19.4. The number of benzene rings is 1. The van der Waals surface area contributed by atoms with Gasteiger partial charge in [-0.2, -0.15) is 13.2 Å². The minimum atomic E-state index is -4.41. The zero-order valence-corrected chi connectivity index (χ0v) is 11.7. The van der Waals surface area contributed by atoms with Crippen molar-refractivity contribution in [1.82, 2.24) is 10.2 Å². The molecule has 0 aromatic heterocycles. The number of phenolic OH excluding ortho intramolecular Hbond substituents is 1. The molecule has 1 heterocycles. The van der Waals surface area contributed by atoms with Gasteiger partial charge in [-0.1, -0.05) is 6.08 Å². The van der Waals surface area contributed by atoms with Gasteiger partial charge in [0.25, 0.3) is 0 Å². The lowest BCUT2D eigenvalue weighted by atomic mass is 9.97. The molecular weight excluding hydrogens is 281 g/mol. The number of hydrogen-bond donors (Lipinski definition) is 2. The van der Waals surface area contributed by atoms with Gasteiger partial charge >= 0.3 is 6.18 Å². The summed E-state index contributed by atoms with van der Waals surface area (Å²) in [5.74, 6) is -0.103. The number of alkyl halides is 3. The molecule has 6 heteroatoms. The van der Waals surface area contributed by atoms with Crippen LogP contribution < -0.4 is 5.32 Å². The van der Waals surface area contributed by atoms with E-state index in [1.165, 1.54) is 0 Å². The van der Waals surface area contributed by atoms with Crippen LogP contribution in [0.3, 0.4) is 0 Å². The molecular formula is C15H19F3N2O. The Kier molecular flexibility index (Phi) is 4.90.